The van der Waals surface area contributed by atoms with Crippen LogP contribution in [0.2, 0.25) is 0 Å². The van der Waals surface area contributed by atoms with Crippen molar-refractivity contribution in [2.45, 2.75) is 44.8 Å². The predicted octanol–water partition coefficient (Wildman–Crippen LogP) is 3.53. The highest BCUT2D eigenvalue weighted by Crippen LogP contribution is 2.34. The molecule has 1 aromatic rings. The minimum Gasteiger partial charge on any atom is -0.496 e. The van der Waals surface area contributed by atoms with Gasteiger partial charge >= 0.3 is 0 Å². The molecule has 112 valence electrons. The van der Waals surface area contributed by atoms with Crippen molar-refractivity contribution < 1.29 is 9.47 Å². The molecule has 0 amide bonds. The van der Waals surface area contributed by atoms with Crippen LogP contribution in [0.4, 0.5) is 0 Å². The second-order valence-electron chi connectivity index (χ2n) is 5.57. The molecule has 0 heterocycles. The van der Waals surface area contributed by atoms with Crippen molar-refractivity contribution in [3.05, 3.63) is 28.2 Å². The molecule has 1 aliphatic rings. The molecule has 3 nitrogen and oxygen atoms in total. The first-order valence-electron chi connectivity index (χ1n) is 7.32. The molecular weight excluding hydrogens is 318 g/mol. The van der Waals surface area contributed by atoms with Crippen LogP contribution in [0.5, 0.6) is 5.75 Å². The molecule has 1 aromatic carbocycles. The van der Waals surface area contributed by atoms with Crippen molar-refractivity contribution in [3.63, 3.8) is 0 Å². The summed E-state index contributed by atoms with van der Waals surface area (Å²) in [5.41, 5.74) is 7.47. The molecule has 1 aliphatic carbocycles. The van der Waals surface area contributed by atoms with E-state index < -0.39 is 0 Å². The first-order valence-corrected chi connectivity index (χ1v) is 8.11. The molecule has 0 aromatic heterocycles. The molecule has 4 heteroatoms. The van der Waals surface area contributed by atoms with Crippen molar-refractivity contribution in [1.29, 1.82) is 0 Å². The van der Waals surface area contributed by atoms with Gasteiger partial charge in [-0.3, -0.25) is 0 Å². The fourth-order valence-electron chi connectivity index (χ4n) is 2.94. The minimum atomic E-state index is 0.186. The van der Waals surface area contributed by atoms with Crippen LogP contribution in [0.15, 0.2) is 22.7 Å². The van der Waals surface area contributed by atoms with Gasteiger partial charge in [-0.15, -0.1) is 0 Å². The molecular formula is C16H24BrNO2. The van der Waals surface area contributed by atoms with E-state index in [0.717, 1.165) is 48.4 Å². The standard InChI is InChI=1S/C16H24BrNO2/c1-3-20-15-7-11(8-15)6-14(18)10-12-9-13(17)4-5-16(12)19-2/h4-5,9,11,14-15H,3,6-8,10,18H2,1-2H3. The van der Waals surface area contributed by atoms with Gasteiger partial charge in [0.15, 0.2) is 0 Å². The van der Waals surface area contributed by atoms with E-state index in [2.05, 4.69) is 28.9 Å². The number of hydrogen-bond acceptors (Lipinski definition) is 3. The van der Waals surface area contributed by atoms with E-state index in [1.54, 1.807) is 7.11 Å². The Bertz CT molecular complexity index is 432. The molecule has 1 atom stereocenters. The summed E-state index contributed by atoms with van der Waals surface area (Å²) >= 11 is 3.50. The van der Waals surface area contributed by atoms with E-state index >= 15 is 0 Å². The van der Waals surface area contributed by atoms with Gasteiger partial charge in [0.1, 0.15) is 5.75 Å². The van der Waals surface area contributed by atoms with Gasteiger partial charge in [0.2, 0.25) is 0 Å². The van der Waals surface area contributed by atoms with Crippen molar-refractivity contribution in [3.8, 4) is 5.75 Å². The van der Waals surface area contributed by atoms with Crippen molar-refractivity contribution in [2.75, 3.05) is 13.7 Å². The van der Waals surface area contributed by atoms with E-state index in [0.29, 0.717) is 6.10 Å². The van der Waals surface area contributed by atoms with E-state index in [-0.39, 0.29) is 6.04 Å². The van der Waals surface area contributed by atoms with Gasteiger partial charge in [-0.1, -0.05) is 15.9 Å². The maximum atomic E-state index is 6.30. The molecule has 1 fully saturated rings. The highest BCUT2D eigenvalue weighted by Gasteiger charge is 2.30. The van der Waals surface area contributed by atoms with Gasteiger partial charge in [-0.25, -0.2) is 0 Å². The molecule has 0 spiro atoms. The van der Waals surface area contributed by atoms with Crippen molar-refractivity contribution >= 4 is 15.9 Å². The Morgan fingerprint density at radius 2 is 2.15 bits per heavy atom. The van der Waals surface area contributed by atoms with Gasteiger partial charge in [-0.05, 0) is 62.3 Å². The molecule has 2 rings (SSSR count). The lowest BCUT2D eigenvalue weighted by molar-refractivity contribution is -0.0281. The fraction of sp³-hybridized carbons (Fsp3) is 0.625. The largest absolute Gasteiger partial charge is 0.496 e. The lowest BCUT2D eigenvalue weighted by Crippen LogP contribution is -2.36. The molecule has 20 heavy (non-hydrogen) atoms. The van der Waals surface area contributed by atoms with Crippen LogP contribution in [0.3, 0.4) is 0 Å². The highest BCUT2D eigenvalue weighted by atomic mass is 79.9. The van der Waals surface area contributed by atoms with Crippen LogP contribution in [-0.4, -0.2) is 25.9 Å². The number of ether oxygens (including phenoxy) is 2. The first kappa shape index (κ1) is 15.8. The number of nitrogens with two attached hydrogens (primary N) is 1. The number of benzene rings is 1. The minimum absolute atomic E-state index is 0.186. The average molecular weight is 342 g/mol. The number of halogens is 1. The summed E-state index contributed by atoms with van der Waals surface area (Å²) in [6.07, 6.45) is 4.73. The summed E-state index contributed by atoms with van der Waals surface area (Å²) in [6.45, 7) is 2.87. The third-order valence-electron chi connectivity index (χ3n) is 3.96. The highest BCUT2D eigenvalue weighted by molar-refractivity contribution is 9.10. The Kier molecular flexibility index (Phi) is 5.87. The van der Waals surface area contributed by atoms with E-state index in [1.807, 2.05) is 12.1 Å². The molecule has 2 N–H and O–H groups in total. The third-order valence-corrected chi connectivity index (χ3v) is 4.45. The van der Waals surface area contributed by atoms with Gasteiger partial charge in [0, 0.05) is 17.1 Å². The van der Waals surface area contributed by atoms with Gasteiger partial charge in [0.05, 0.1) is 13.2 Å². The van der Waals surface area contributed by atoms with Crippen LogP contribution in [0.25, 0.3) is 0 Å². The summed E-state index contributed by atoms with van der Waals surface area (Å²) in [5.74, 6) is 1.64. The maximum Gasteiger partial charge on any atom is 0.122 e. The number of rotatable bonds is 7. The fourth-order valence-corrected chi connectivity index (χ4v) is 3.35. The van der Waals surface area contributed by atoms with Crippen LogP contribution < -0.4 is 10.5 Å². The maximum absolute atomic E-state index is 6.30. The zero-order chi connectivity index (χ0) is 14.5. The SMILES string of the molecule is CCOC1CC(CC(N)Cc2cc(Br)ccc2OC)C1. The molecule has 1 unspecified atom stereocenters. The van der Waals surface area contributed by atoms with Crippen molar-refractivity contribution in [1.82, 2.24) is 0 Å². The molecule has 0 aliphatic heterocycles. The first-order chi connectivity index (χ1) is 9.62. The topological polar surface area (TPSA) is 44.5 Å². The zero-order valence-electron chi connectivity index (χ0n) is 12.3. The second kappa shape index (κ2) is 7.43. The lowest BCUT2D eigenvalue weighted by Gasteiger charge is -2.36. The van der Waals surface area contributed by atoms with E-state index in [4.69, 9.17) is 15.2 Å². The summed E-state index contributed by atoms with van der Waals surface area (Å²) in [6, 6.07) is 6.26. The van der Waals surface area contributed by atoms with E-state index in [9.17, 15) is 0 Å². The normalized spacial score (nSPS) is 23.2. The molecule has 0 bridgehead atoms. The Balaban J connectivity index is 1.83. The molecule has 0 radical (unpaired) electrons. The summed E-state index contributed by atoms with van der Waals surface area (Å²) in [7, 11) is 1.71. The summed E-state index contributed by atoms with van der Waals surface area (Å²) < 4.78 is 12.1. The van der Waals surface area contributed by atoms with Gasteiger partial charge in [0.25, 0.3) is 0 Å². The molecule has 1 saturated carbocycles. The van der Waals surface area contributed by atoms with Crippen LogP contribution >= 0.6 is 15.9 Å². The molecule has 0 saturated heterocycles. The Hall–Kier alpha value is -0.580. The van der Waals surface area contributed by atoms with Crippen LogP contribution in [0.1, 0.15) is 31.7 Å². The lowest BCUT2D eigenvalue weighted by atomic mass is 9.77. The van der Waals surface area contributed by atoms with Crippen LogP contribution in [-0.2, 0) is 11.2 Å². The third kappa shape index (κ3) is 4.21. The van der Waals surface area contributed by atoms with Gasteiger partial charge in [-0.2, -0.15) is 0 Å². The van der Waals surface area contributed by atoms with E-state index in [1.165, 1.54) is 5.56 Å². The second-order valence-corrected chi connectivity index (χ2v) is 6.49. The van der Waals surface area contributed by atoms with Crippen molar-refractivity contribution in [2.24, 2.45) is 11.7 Å². The zero-order valence-corrected chi connectivity index (χ0v) is 13.9. The summed E-state index contributed by atoms with van der Waals surface area (Å²) in [4.78, 5) is 0. The Labute approximate surface area is 130 Å². The predicted molar refractivity (Wildman–Crippen MR) is 85.1 cm³/mol. The summed E-state index contributed by atoms with van der Waals surface area (Å²) in [5, 5.41) is 0. The average Bonchev–Trinajstić information content (AvgIpc) is 2.36. The quantitative estimate of drug-likeness (QED) is 0.824. The smallest absolute Gasteiger partial charge is 0.122 e. The monoisotopic (exact) mass is 341 g/mol. The Morgan fingerprint density at radius 1 is 1.40 bits per heavy atom. The van der Waals surface area contributed by atoms with Gasteiger partial charge < -0.3 is 15.2 Å². The number of methoxy groups -OCH3 is 1. The van der Waals surface area contributed by atoms with Crippen LogP contribution in [0, 0.1) is 5.92 Å². The number of hydrogen-bond donors (Lipinski definition) is 1. The Morgan fingerprint density at radius 3 is 2.80 bits per heavy atom.